The first-order valence-corrected chi connectivity index (χ1v) is 5.61. The summed E-state index contributed by atoms with van der Waals surface area (Å²) in [6, 6.07) is 3.16. The fraction of sp³-hybridized carbons (Fsp3) is 0.455. The smallest absolute Gasteiger partial charge is 0.273 e. The van der Waals surface area contributed by atoms with E-state index in [2.05, 4.69) is 11.9 Å². The second-order valence-corrected chi connectivity index (χ2v) is 4.05. The first-order chi connectivity index (χ1) is 7.56. The summed E-state index contributed by atoms with van der Waals surface area (Å²) in [5.41, 5.74) is 5.75. The van der Waals surface area contributed by atoms with E-state index in [4.69, 9.17) is 17.3 Å². The summed E-state index contributed by atoms with van der Waals surface area (Å²) in [7, 11) is 1.74. The van der Waals surface area contributed by atoms with Crippen molar-refractivity contribution in [3.8, 4) is 0 Å². The summed E-state index contributed by atoms with van der Waals surface area (Å²) in [4.78, 5) is 17.5. The van der Waals surface area contributed by atoms with Gasteiger partial charge in [-0.2, -0.15) is 0 Å². The summed E-state index contributed by atoms with van der Waals surface area (Å²) in [6.45, 7) is 2.77. The number of rotatable bonds is 4. The van der Waals surface area contributed by atoms with Crippen molar-refractivity contribution in [2.45, 2.75) is 19.8 Å². The van der Waals surface area contributed by atoms with E-state index in [0.29, 0.717) is 17.4 Å². The van der Waals surface area contributed by atoms with Crippen LogP contribution in [0.25, 0.3) is 0 Å². The van der Waals surface area contributed by atoms with Crippen LogP contribution in [-0.4, -0.2) is 29.4 Å². The topological polar surface area (TPSA) is 59.2 Å². The van der Waals surface area contributed by atoms with Crippen molar-refractivity contribution in [2.24, 2.45) is 0 Å². The monoisotopic (exact) mass is 241 g/mol. The quantitative estimate of drug-likeness (QED) is 0.879. The third-order valence-corrected chi connectivity index (χ3v) is 2.57. The molecule has 1 aromatic heterocycles. The van der Waals surface area contributed by atoms with Gasteiger partial charge in [0, 0.05) is 13.6 Å². The molecule has 0 aliphatic rings. The number of hydrogen-bond donors (Lipinski definition) is 1. The van der Waals surface area contributed by atoms with Gasteiger partial charge < -0.3 is 10.6 Å². The molecule has 0 radical (unpaired) electrons. The van der Waals surface area contributed by atoms with Gasteiger partial charge in [0.05, 0.1) is 5.02 Å². The second-order valence-electron chi connectivity index (χ2n) is 3.65. The summed E-state index contributed by atoms with van der Waals surface area (Å²) in [6.07, 6.45) is 2.00. The minimum atomic E-state index is -0.189. The summed E-state index contributed by atoms with van der Waals surface area (Å²) < 4.78 is 0. The maximum atomic E-state index is 11.9. The number of pyridine rings is 1. The van der Waals surface area contributed by atoms with Gasteiger partial charge in [-0.1, -0.05) is 24.9 Å². The molecule has 88 valence electrons. The van der Waals surface area contributed by atoms with E-state index in [-0.39, 0.29) is 11.6 Å². The van der Waals surface area contributed by atoms with Gasteiger partial charge in [0.15, 0.2) is 0 Å². The highest BCUT2D eigenvalue weighted by Crippen LogP contribution is 2.16. The van der Waals surface area contributed by atoms with Crippen molar-refractivity contribution in [3.05, 3.63) is 22.8 Å². The van der Waals surface area contributed by atoms with Gasteiger partial charge in [0.1, 0.15) is 11.5 Å². The Hall–Kier alpha value is -1.29. The Bertz CT molecular complexity index is 381. The van der Waals surface area contributed by atoms with Gasteiger partial charge in [-0.05, 0) is 18.6 Å². The molecular weight excluding hydrogens is 226 g/mol. The zero-order chi connectivity index (χ0) is 12.1. The number of unbranched alkanes of at least 4 members (excludes halogenated alkanes) is 1. The molecule has 0 saturated heterocycles. The summed E-state index contributed by atoms with van der Waals surface area (Å²) >= 11 is 5.90. The molecule has 0 aliphatic heterocycles. The van der Waals surface area contributed by atoms with Crippen LogP contribution in [0.15, 0.2) is 12.1 Å². The molecule has 0 aliphatic carbocycles. The minimum absolute atomic E-state index is 0.189. The number of carbonyl (C=O) groups is 1. The van der Waals surface area contributed by atoms with E-state index in [1.807, 2.05) is 0 Å². The fourth-order valence-corrected chi connectivity index (χ4v) is 1.47. The van der Waals surface area contributed by atoms with Gasteiger partial charge in [0.2, 0.25) is 0 Å². The van der Waals surface area contributed by atoms with Gasteiger partial charge in [0.25, 0.3) is 5.91 Å². The Kier molecular flexibility index (Phi) is 4.55. The predicted octanol–water partition coefficient (Wildman–Crippen LogP) is 2.19. The Labute approximate surface area is 100 Å². The lowest BCUT2D eigenvalue weighted by Crippen LogP contribution is -2.28. The third kappa shape index (κ3) is 3.10. The van der Waals surface area contributed by atoms with Crippen LogP contribution in [0.5, 0.6) is 0 Å². The zero-order valence-electron chi connectivity index (χ0n) is 9.53. The van der Waals surface area contributed by atoms with E-state index >= 15 is 0 Å². The average molecular weight is 242 g/mol. The fourth-order valence-electron chi connectivity index (χ4n) is 1.28. The van der Waals surface area contributed by atoms with E-state index in [1.165, 1.54) is 0 Å². The second kappa shape index (κ2) is 5.70. The van der Waals surface area contributed by atoms with Gasteiger partial charge in [-0.15, -0.1) is 0 Å². The van der Waals surface area contributed by atoms with Crippen LogP contribution in [-0.2, 0) is 0 Å². The van der Waals surface area contributed by atoms with Crippen molar-refractivity contribution in [1.82, 2.24) is 9.88 Å². The minimum Gasteiger partial charge on any atom is -0.384 e. The van der Waals surface area contributed by atoms with E-state index in [0.717, 1.165) is 12.8 Å². The molecule has 1 aromatic rings. The maximum absolute atomic E-state index is 11.9. The summed E-state index contributed by atoms with van der Waals surface area (Å²) in [5.74, 6) is 0.113. The van der Waals surface area contributed by atoms with E-state index < -0.39 is 0 Å². The Balaban J connectivity index is 2.83. The zero-order valence-corrected chi connectivity index (χ0v) is 10.3. The number of nitrogens with zero attached hydrogens (tertiary/aromatic N) is 2. The van der Waals surface area contributed by atoms with Gasteiger partial charge in [-0.25, -0.2) is 4.98 Å². The average Bonchev–Trinajstić information content (AvgIpc) is 2.28. The predicted molar refractivity (Wildman–Crippen MR) is 65.5 cm³/mol. The molecule has 2 N–H and O–H groups in total. The number of nitrogen functional groups attached to an aromatic ring is 1. The number of anilines is 1. The number of hydrogen-bond acceptors (Lipinski definition) is 3. The van der Waals surface area contributed by atoms with Crippen LogP contribution < -0.4 is 5.73 Å². The molecule has 0 spiro atoms. The molecular formula is C11H16ClN3O. The van der Waals surface area contributed by atoms with Crippen molar-refractivity contribution < 1.29 is 4.79 Å². The van der Waals surface area contributed by atoms with Crippen LogP contribution in [0, 0.1) is 0 Å². The van der Waals surface area contributed by atoms with E-state index in [1.54, 1.807) is 24.1 Å². The number of nitrogens with two attached hydrogens (primary N) is 1. The highest BCUT2D eigenvalue weighted by Gasteiger charge is 2.16. The standard InChI is InChI=1S/C11H16ClN3O/c1-3-4-7-15(2)11(16)10-8(12)5-6-9(13)14-10/h5-6H,3-4,7H2,1-2H3,(H2,13,14). The molecule has 1 heterocycles. The maximum Gasteiger partial charge on any atom is 0.273 e. The Morgan fingerprint density at radius 1 is 1.56 bits per heavy atom. The van der Waals surface area contributed by atoms with Crippen molar-refractivity contribution in [2.75, 3.05) is 19.3 Å². The van der Waals surface area contributed by atoms with Crippen LogP contribution >= 0.6 is 11.6 Å². The van der Waals surface area contributed by atoms with Crippen LogP contribution in [0.1, 0.15) is 30.3 Å². The Morgan fingerprint density at radius 3 is 2.88 bits per heavy atom. The first-order valence-electron chi connectivity index (χ1n) is 5.23. The van der Waals surface area contributed by atoms with Crippen molar-refractivity contribution in [1.29, 1.82) is 0 Å². The SMILES string of the molecule is CCCCN(C)C(=O)c1nc(N)ccc1Cl. The first kappa shape index (κ1) is 12.8. The molecule has 0 atom stereocenters. The molecule has 16 heavy (non-hydrogen) atoms. The van der Waals surface area contributed by atoms with Crippen LogP contribution in [0.4, 0.5) is 5.82 Å². The highest BCUT2D eigenvalue weighted by molar-refractivity contribution is 6.33. The molecule has 0 saturated carbocycles. The highest BCUT2D eigenvalue weighted by atomic mass is 35.5. The lowest BCUT2D eigenvalue weighted by atomic mass is 10.3. The van der Waals surface area contributed by atoms with Crippen molar-refractivity contribution >= 4 is 23.3 Å². The third-order valence-electron chi connectivity index (χ3n) is 2.26. The lowest BCUT2D eigenvalue weighted by molar-refractivity contribution is 0.0788. The molecule has 5 heteroatoms. The van der Waals surface area contributed by atoms with E-state index in [9.17, 15) is 4.79 Å². The summed E-state index contributed by atoms with van der Waals surface area (Å²) in [5, 5.41) is 0.336. The molecule has 1 amide bonds. The number of halogens is 1. The molecule has 0 bridgehead atoms. The molecule has 4 nitrogen and oxygen atoms in total. The van der Waals surface area contributed by atoms with Gasteiger partial charge in [-0.3, -0.25) is 4.79 Å². The van der Waals surface area contributed by atoms with Gasteiger partial charge >= 0.3 is 0 Å². The molecule has 0 fully saturated rings. The lowest BCUT2D eigenvalue weighted by Gasteiger charge is -2.16. The largest absolute Gasteiger partial charge is 0.384 e. The number of aromatic nitrogens is 1. The molecule has 1 rings (SSSR count). The van der Waals surface area contributed by atoms with Crippen LogP contribution in [0.2, 0.25) is 5.02 Å². The molecule has 0 unspecified atom stereocenters. The van der Waals surface area contributed by atoms with Crippen LogP contribution in [0.3, 0.4) is 0 Å². The Morgan fingerprint density at radius 2 is 2.25 bits per heavy atom. The van der Waals surface area contributed by atoms with Crippen molar-refractivity contribution in [3.63, 3.8) is 0 Å². The normalized spacial score (nSPS) is 10.2. The number of carbonyl (C=O) groups excluding carboxylic acids is 1. The molecule has 0 aromatic carbocycles. The number of amides is 1.